The summed E-state index contributed by atoms with van der Waals surface area (Å²) in [6.07, 6.45) is 5.80. The molecular weight excluding hydrogens is 156 g/mol. The predicted molar refractivity (Wildman–Crippen MR) is 59.0 cm³/mol. The van der Waals surface area contributed by atoms with Crippen LogP contribution in [0.4, 0.5) is 0 Å². The maximum absolute atomic E-state index is 3.75. The number of rotatable bonds is 4. The Morgan fingerprint density at radius 1 is 1.08 bits per heavy atom. The Hall–Kier alpha value is -1.30. The van der Waals surface area contributed by atoms with Crippen molar-refractivity contribution in [1.29, 1.82) is 0 Å². The van der Waals surface area contributed by atoms with Crippen molar-refractivity contribution in [2.75, 3.05) is 0 Å². The van der Waals surface area contributed by atoms with Crippen LogP contribution in [0.2, 0.25) is 0 Å². The molecule has 0 aliphatic heterocycles. The molecule has 0 unspecified atom stereocenters. The Morgan fingerprint density at radius 3 is 1.92 bits per heavy atom. The molecule has 1 aromatic rings. The van der Waals surface area contributed by atoms with E-state index < -0.39 is 0 Å². The van der Waals surface area contributed by atoms with Gasteiger partial charge in [0.1, 0.15) is 0 Å². The van der Waals surface area contributed by atoms with Crippen molar-refractivity contribution in [3.63, 3.8) is 0 Å². The Kier molecular flexibility index (Phi) is 3.51. The van der Waals surface area contributed by atoms with E-state index in [0.717, 1.165) is 12.8 Å². The fourth-order valence-corrected chi connectivity index (χ4v) is 1.49. The van der Waals surface area contributed by atoms with Crippen LogP contribution in [0.3, 0.4) is 0 Å². The first-order chi connectivity index (χ1) is 6.29. The molecule has 0 spiro atoms. The molecule has 0 radical (unpaired) electrons. The van der Waals surface area contributed by atoms with Crippen molar-refractivity contribution in [3.8, 4) is 0 Å². The number of benzene rings is 1. The van der Waals surface area contributed by atoms with E-state index in [1.807, 2.05) is 12.2 Å². The first-order valence-electron chi connectivity index (χ1n) is 4.58. The SMILES string of the molecule is C=CCc1cccc(CC=C)c1C. The lowest BCUT2D eigenvalue weighted by atomic mass is 9.98. The third-order valence-electron chi connectivity index (χ3n) is 2.29. The van der Waals surface area contributed by atoms with E-state index >= 15 is 0 Å². The Bertz CT molecular complexity index is 280. The van der Waals surface area contributed by atoms with Crippen molar-refractivity contribution in [2.24, 2.45) is 0 Å². The van der Waals surface area contributed by atoms with Crippen LogP contribution in [-0.2, 0) is 12.8 Å². The van der Waals surface area contributed by atoms with Gasteiger partial charge in [-0.15, -0.1) is 13.2 Å². The van der Waals surface area contributed by atoms with E-state index in [4.69, 9.17) is 0 Å². The molecule has 0 bridgehead atoms. The predicted octanol–water partition coefficient (Wildman–Crippen LogP) is 3.45. The molecule has 1 aromatic carbocycles. The summed E-state index contributed by atoms with van der Waals surface area (Å²) in [6, 6.07) is 6.41. The minimum Gasteiger partial charge on any atom is -0.103 e. The molecule has 0 atom stereocenters. The summed E-state index contributed by atoms with van der Waals surface area (Å²) in [7, 11) is 0. The fraction of sp³-hybridized carbons (Fsp3) is 0.231. The summed E-state index contributed by atoms with van der Waals surface area (Å²) in [6.45, 7) is 9.67. The van der Waals surface area contributed by atoms with E-state index in [1.54, 1.807) is 0 Å². The zero-order chi connectivity index (χ0) is 9.68. The molecule has 0 heterocycles. The van der Waals surface area contributed by atoms with Gasteiger partial charge in [-0.3, -0.25) is 0 Å². The van der Waals surface area contributed by atoms with Gasteiger partial charge in [-0.1, -0.05) is 30.4 Å². The second kappa shape index (κ2) is 4.66. The number of hydrogen-bond acceptors (Lipinski definition) is 0. The average molecular weight is 172 g/mol. The Labute approximate surface area is 80.6 Å². The highest BCUT2D eigenvalue weighted by atomic mass is 14.0. The van der Waals surface area contributed by atoms with Crippen LogP contribution in [-0.4, -0.2) is 0 Å². The topological polar surface area (TPSA) is 0 Å². The first-order valence-corrected chi connectivity index (χ1v) is 4.58. The van der Waals surface area contributed by atoms with Crippen LogP contribution in [0.1, 0.15) is 16.7 Å². The van der Waals surface area contributed by atoms with Gasteiger partial charge in [0.2, 0.25) is 0 Å². The van der Waals surface area contributed by atoms with Gasteiger partial charge in [0, 0.05) is 0 Å². The summed E-state index contributed by atoms with van der Waals surface area (Å²) in [5.74, 6) is 0. The molecule has 0 fully saturated rings. The van der Waals surface area contributed by atoms with Crippen molar-refractivity contribution in [3.05, 3.63) is 60.2 Å². The molecule has 0 amide bonds. The van der Waals surface area contributed by atoms with Crippen LogP contribution in [0.25, 0.3) is 0 Å². The monoisotopic (exact) mass is 172 g/mol. The lowest BCUT2D eigenvalue weighted by Crippen LogP contribution is -1.93. The van der Waals surface area contributed by atoms with E-state index in [2.05, 4.69) is 38.3 Å². The van der Waals surface area contributed by atoms with Crippen molar-refractivity contribution in [2.45, 2.75) is 19.8 Å². The summed E-state index contributed by atoms with van der Waals surface area (Å²) >= 11 is 0. The van der Waals surface area contributed by atoms with Gasteiger partial charge in [-0.2, -0.15) is 0 Å². The third kappa shape index (κ3) is 2.32. The van der Waals surface area contributed by atoms with Gasteiger partial charge < -0.3 is 0 Å². The molecular formula is C13H16. The maximum Gasteiger partial charge on any atom is -0.00974 e. The molecule has 1 rings (SSSR count). The molecule has 0 aromatic heterocycles. The van der Waals surface area contributed by atoms with Gasteiger partial charge in [-0.25, -0.2) is 0 Å². The highest BCUT2D eigenvalue weighted by Crippen LogP contribution is 2.15. The van der Waals surface area contributed by atoms with Crippen LogP contribution in [0.5, 0.6) is 0 Å². The first kappa shape index (κ1) is 9.79. The highest BCUT2D eigenvalue weighted by molar-refractivity contribution is 5.36. The second-order valence-corrected chi connectivity index (χ2v) is 3.19. The lowest BCUT2D eigenvalue weighted by Gasteiger charge is -2.07. The molecule has 0 saturated carbocycles. The van der Waals surface area contributed by atoms with E-state index in [0.29, 0.717) is 0 Å². The quantitative estimate of drug-likeness (QED) is 0.610. The van der Waals surface area contributed by atoms with Crippen LogP contribution in [0.15, 0.2) is 43.5 Å². The number of allylic oxidation sites excluding steroid dienone is 2. The van der Waals surface area contributed by atoms with E-state index in [9.17, 15) is 0 Å². The van der Waals surface area contributed by atoms with Crippen molar-refractivity contribution < 1.29 is 0 Å². The summed E-state index contributed by atoms with van der Waals surface area (Å²) in [5, 5.41) is 0. The fourth-order valence-electron chi connectivity index (χ4n) is 1.49. The normalized spacial score (nSPS) is 9.62. The minimum atomic E-state index is 0.955. The van der Waals surface area contributed by atoms with Gasteiger partial charge in [-0.05, 0) is 36.5 Å². The lowest BCUT2D eigenvalue weighted by molar-refractivity contribution is 1.14. The van der Waals surface area contributed by atoms with E-state index in [1.165, 1.54) is 16.7 Å². The van der Waals surface area contributed by atoms with Gasteiger partial charge in [0.25, 0.3) is 0 Å². The van der Waals surface area contributed by atoms with E-state index in [-0.39, 0.29) is 0 Å². The Morgan fingerprint density at radius 2 is 1.54 bits per heavy atom. The molecule has 68 valence electrons. The molecule has 0 saturated heterocycles. The second-order valence-electron chi connectivity index (χ2n) is 3.19. The zero-order valence-electron chi connectivity index (χ0n) is 8.22. The summed E-state index contributed by atoms with van der Waals surface area (Å²) < 4.78 is 0. The van der Waals surface area contributed by atoms with Crippen LogP contribution < -0.4 is 0 Å². The summed E-state index contributed by atoms with van der Waals surface area (Å²) in [4.78, 5) is 0. The molecule has 0 aliphatic rings. The molecule has 0 nitrogen and oxygen atoms in total. The zero-order valence-corrected chi connectivity index (χ0v) is 8.22. The van der Waals surface area contributed by atoms with Crippen molar-refractivity contribution >= 4 is 0 Å². The standard InChI is InChI=1S/C13H16/c1-4-7-12-9-6-10-13(8-5-2)11(12)3/h4-6,9-10H,1-2,7-8H2,3H3. The smallest absolute Gasteiger partial charge is 0.00974 e. The molecule has 0 heteroatoms. The third-order valence-corrected chi connectivity index (χ3v) is 2.29. The summed E-state index contributed by atoms with van der Waals surface area (Å²) in [5.41, 5.74) is 4.12. The van der Waals surface area contributed by atoms with Crippen LogP contribution >= 0.6 is 0 Å². The van der Waals surface area contributed by atoms with Gasteiger partial charge >= 0.3 is 0 Å². The largest absolute Gasteiger partial charge is 0.103 e. The van der Waals surface area contributed by atoms with Crippen LogP contribution in [0, 0.1) is 6.92 Å². The van der Waals surface area contributed by atoms with Gasteiger partial charge in [0.05, 0.1) is 0 Å². The Balaban J connectivity index is 3.02. The molecule has 13 heavy (non-hydrogen) atoms. The van der Waals surface area contributed by atoms with Gasteiger partial charge in [0.15, 0.2) is 0 Å². The van der Waals surface area contributed by atoms with Crippen molar-refractivity contribution in [1.82, 2.24) is 0 Å². The maximum atomic E-state index is 3.75. The molecule has 0 N–H and O–H groups in total. The number of hydrogen-bond donors (Lipinski definition) is 0. The highest BCUT2D eigenvalue weighted by Gasteiger charge is 2.00. The molecule has 0 aliphatic carbocycles. The average Bonchev–Trinajstić information content (AvgIpc) is 2.13. The minimum absolute atomic E-state index is 0.955.